The summed E-state index contributed by atoms with van der Waals surface area (Å²) < 4.78 is 10.3. The molecule has 7 heteroatoms. The topological polar surface area (TPSA) is 101 Å². The van der Waals surface area contributed by atoms with Crippen molar-refractivity contribution in [2.45, 2.75) is 45.4 Å². The zero-order chi connectivity index (χ0) is 19.5. The van der Waals surface area contributed by atoms with Gasteiger partial charge in [-0.25, -0.2) is 15.2 Å². The molecule has 0 amide bonds. The molecular formula is C20H24N4O3. The van der Waals surface area contributed by atoms with Crippen molar-refractivity contribution in [3.05, 3.63) is 47.0 Å². The first-order chi connectivity index (χ1) is 13.2. The second kappa shape index (κ2) is 10.8. The van der Waals surface area contributed by atoms with Crippen molar-refractivity contribution < 1.29 is 13.9 Å². The van der Waals surface area contributed by atoms with Crippen molar-refractivity contribution in [1.29, 1.82) is 5.26 Å². The first-order valence-corrected chi connectivity index (χ1v) is 9.05. The fraction of sp³-hybridized carbons (Fsp3) is 0.400. The van der Waals surface area contributed by atoms with Crippen LogP contribution < -0.4 is 5.43 Å². The van der Waals surface area contributed by atoms with Crippen LogP contribution >= 0.6 is 0 Å². The second-order valence-electron chi connectivity index (χ2n) is 6.04. The number of hydrogen-bond donors (Lipinski definition) is 1. The summed E-state index contributed by atoms with van der Waals surface area (Å²) in [6, 6.07) is 8.79. The first kappa shape index (κ1) is 20.2. The van der Waals surface area contributed by atoms with Crippen LogP contribution in [0, 0.1) is 11.3 Å². The van der Waals surface area contributed by atoms with Crippen LogP contribution in [0.5, 0.6) is 0 Å². The van der Waals surface area contributed by atoms with Crippen molar-refractivity contribution in [1.82, 2.24) is 4.98 Å². The van der Waals surface area contributed by atoms with Crippen LogP contribution in [0.3, 0.4) is 0 Å². The monoisotopic (exact) mass is 368 g/mol. The fourth-order valence-electron chi connectivity index (χ4n) is 2.49. The molecule has 1 heterocycles. The molecule has 0 unspecified atom stereocenters. The SMILES string of the molecule is CCCCCCCc1nc(C#N)c(NN=Cc2ccc(C(=O)OC)cc2)o1. The van der Waals surface area contributed by atoms with Gasteiger partial charge in [0.25, 0.3) is 5.88 Å². The van der Waals surface area contributed by atoms with Crippen LogP contribution in [0.4, 0.5) is 5.88 Å². The molecule has 0 saturated carbocycles. The van der Waals surface area contributed by atoms with Crippen LogP contribution in [0.1, 0.15) is 66.5 Å². The van der Waals surface area contributed by atoms with Crippen molar-refractivity contribution in [3.8, 4) is 6.07 Å². The molecule has 0 spiro atoms. The van der Waals surface area contributed by atoms with E-state index in [1.807, 2.05) is 6.07 Å². The Balaban J connectivity index is 1.91. The number of nitrogens with zero attached hydrogens (tertiary/aromatic N) is 3. The summed E-state index contributed by atoms with van der Waals surface area (Å²) in [5.74, 6) is 0.394. The van der Waals surface area contributed by atoms with Gasteiger partial charge in [0.15, 0.2) is 5.89 Å². The van der Waals surface area contributed by atoms with Crippen LogP contribution in [0.25, 0.3) is 0 Å². The molecule has 2 aromatic rings. The molecule has 0 aliphatic carbocycles. The lowest BCUT2D eigenvalue weighted by molar-refractivity contribution is 0.0600. The normalized spacial score (nSPS) is 10.7. The van der Waals surface area contributed by atoms with Crippen molar-refractivity contribution >= 4 is 18.1 Å². The van der Waals surface area contributed by atoms with Gasteiger partial charge >= 0.3 is 5.97 Å². The summed E-state index contributed by atoms with van der Waals surface area (Å²) in [6.45, 7) is 2.18. The highest BCUT2D eigenvalue weighted by molar-refractivity contribution is 5.90. The summed E-state index contributed by atoms with van der Waals surface area (Å²) in [4.78, 5) is 15.6. The Bertz CT molecular complexity index is 804. The van der Waals surface area contributed by atoms with E-state index in [4.69, 9.17) is 4.42 Å². The van der Waals surface area contributed by atoms with Gasteiger partial charge in [0.1, 0.15) is 6.07 Å². The number of aryl methyl sites for hydroxylation is 1. The van der Waals surface area contributed by atoms with Gasteiger partial charge in [0.05, 0.1) is 18.9 Å². The maximum Gasteiger partial charge on any atom is 0.337 e. The number of benzene rings is 1. The number of ether oxygens (including phenoxy) is 1. The molecule has 1 aromatic heterocycles. The van der Waals surface area contributed by atoms with E-state index >= 15 is 0 Å². The number of unbranched alkanes of at least 4 members (excludes halogenated alkanes) is 4. The summed E-state index contributed by atoms with van der Waals surface area (Å²) in [5.41, 5.74) is 4.16. The Morgan fingerprint density at radius 3 is 2.70 bits per heavy atom. The predicted octanol–water partition coefficient (Wildman–Crippen LogP) is 4.29. The quantitative estimate of drug-likeness (QED) is 0.290. The molecule has 7 nitrogen and oxygen atoms in total. The molecule has 142 valence electrons. The number of nitriles is 1. The third-order valence-corrected chi connectivity index (χ3v) is 3.98. The van der Waals surface area contributed by atoms with Gasteiger partial charge in [-0.1, -0.05) is 44.7 Å². The van der Waals surface area contributed by atoms with E-state index in [2.05, 4.69) is 27.2 Å². The fourth-order valence-corrected chi connectivity index (χ4v) is 2.49. The average Bonchev–Trinajstić information content (AvgIpc) is 3.09. The number of hydrogen-bond acceptors (Lipinski definition) is 7. The van der Waals surface area contributed by atoms with Crippen LogP contribution in [-0.4, -0.2) is 24.3 Å². The Morgan fingerprint density at radius 1 is 1.30 bits per heavy atom. The van der Waals surface area contributed by atoms with Crippen molar-refractivity contribution in [3.63, 3.8) is 0 Å². The lowest BCUT2D eigenvalue weighted by Crippen LogP contribution is -2.00. The van der Waals surface area contributed by atoms with Gasteiger partial charge in [0.2, 0.25) is 5.69 Å². The molecule has 0 atom stereocenters. The smallest absolute Gasteiger partial charge is 0.337 e. The van der Waals surface area contributed by atoms with E-state index in [0.29, 0.717) is 17.9 Å². The summed E-state index contributed by atoms with van der Waals surface area (Å²) >= 11 is 0. The molecule has 0 saturated heterocycles. The van der Waals surface area contributed by atoms with Gasteiger partial charge in [-0.05, 0) is 24.1 Å². The number of rotatable bonds is 10. The number of hydrazone groups is 1. The highest BCUT2D eigenvalue weighted by Gasteiger charge is 2.12. The molecule has 2 rings (SSSR count). The minimum Gasteiger partial charge on any atom is -0.465 e. The van der Waals surface area contributed by atoms with Crippen LogP contribution in [-0.2, 0) is 11.2 Å². The standard InChI is InChI=1S/C20H24N4O3/c1-3-4-5-6-7-8-18-23-17(13-21)19(27-18)24-22-14-15-9-11-16(12-10-15)20(25)26-2/h9-12,14,24H,3-8H2,1-2H3. The molecule has 0 radical (unpaired) electrons. The van der Waals surface area contributed by atoms with Gasteiger partial charge in [0, 0.05) is 6.42 Å². The maximum absolute atomic E-state index is 11.4. The number of carbonyl (C=O) groups is 1. The number of carbonyl (C=O) groups excluding carboxylic acids is 1. The minimum absolute atomic E-state index is 0.191. The van der Waals surface area contributed by atoms with Gasteiger partial charge < -0.3 is 9.15 Å². The number of esters is 1. The number of oxazole rings is 1. The molecule has 0 fully saturated rings. The van der Waals surface area contributed by atoms with Crippen LogP contribution in [0.2, 0.25) is 0 Å². The van der Waals surface area contributed by atoms with Crippen LogP contribution in [0.15, 0.2) is 33.8 Å². The third kappa shape index (κ3) is 6.26. The predicted molar refractivity (Wildman–Crippen MR) is 103 cm³/mol. The van der Waals surface area contributed by atoms with E-state index in [1.54, 1.807) is 30.5 Å². The van der Waals surface area contributed by atoms with Gasteiger partial charge in [-0.3, -0.25) is 0 Å². The van der Waals surface area contributed by atoms with Gasteiger partial charge in [-0.15, -0.1) is 0 Å². The number of methoxy groups -OCH3 is 1. The van der Waals surface area contributed by atoms with Crippen molar-refractivity contribution in [2.75, 3.05) is 12.5 Å². The van der Waals surface area contributed by atoms with E-state index in [0.717, 1.165) is 18.4 Å². The Hall–Kier alpha value is -3.14. The highest BCUT2D eigenvalue weighted by Crippen LogP contribution is 2.18. The summed E-state index contributed by atoms with van der Waals surface area (Å²) in [7, 11) is 1.34. The highest BCUT2D eigenvalue weighted by atomic mass is 16.5. The Kier molecular flexibility index (Phi) is 8.04. The third-order valence-electron chi connectivity index (χ3n) is 3.98. The zero-order valence-electron chi connectivity index (χ0n) is 15.7. The maximum atomic E-state index is 11.4. The number of nitrogens with one attached hydrogen (secondary N) is 1. The average molecular weight is 368 g/mol. The molecular weight excluding hydrogens is 344 g/mol. The molecule has 0 aliphatic heterocycles. The number of anilines is 1. The largest absolute Gasteiger partial charge is 0.465 e. The molecule has 1 aromatic carbocycles. The lowest BCUT2D eigenvalue weighted by Gasteiger charge is -1.99. The zero-order valence-corrected chi connectivity index (χ0v) is 15.7. The Morgan fingerprint density at radius 2 is 2.04 bits per heavy atom. The molecule has 27 heavy (non-hydrogen) atoms. The first-order valence-electron chi connectivity index (χ1n) is 9.05. The summed E-state index contributed by atoms with van der Waals surface area (Å²) in [6.07, 6.45) is 8.02. The molecule has 0 bridgehead atoms. The Labute approximate surface area is 159 Å². The number of aromatic nitrogens is 1. The van der Waals surface area contributed by atoms with E-state index < -0.39 is 0 Å². The van der Waals surface area contributed by atoms with Gasteiger partial charge in [-0.2, -0.15) is 10.4 Å². The van der Waals surface area contributed by atoms with E-state index in [9.17, 15) is 10.1 Å². The van der Waals surface area contributed by atoms with E-state index in [-0.39, 0.29) is 17.5 Å². The minimum atomic E-state index is -0.390. The lowest BCUT2D eigenvalue weighted by atomic mass is 10.1. The summed E-state index contributed by atoms with van der Waals surface area (Å²) in [5, 5.41) is 13.3. The molecule has 0 aliphatic rings. The molecule has 1 N–H and O–H groups in total. The van der Waals surface area contributed by atoms with E-state index in [1.165, 1.54) is 26.4 Å². The second-order valence-corrected chi connectivity index (χ2v) is 6.04. The van der Waals surface area contributed by atoms with Crippen molar-refractivity contribution in [2.24, 2.45) is 5.10 Å².